The Hall–Kier alpha value is -2.67. The van der Waals surface area contributed by atoms with Crippen molar-refractivity contribution in [3.05, 3.63) is 54.1 Å². The molecule has 0 bridgehead atoms. The average Bonchev–Trinajstić information content (AvgIpc) is 2.66. The Morgan fingerprint density at radius 2 is 1.62 bits per heavy atom. The number of carboxylic acid groups (broad SMARTS) is 1. The quantitative estimate of drug-likeness (QED) is 0.690. The van der Waals surface area contributed by atoms with Crippen molar-refractivity contribution in [3.8, 4) is 11.5 Å². The van der Waals surface area contributed by atoms with E-state index >= 15 is 0 Å². The highest BCUT2D eigenvalue weighted by Crippen LogP contribution is 2.21. The molecule has 0 aliphatic heterocycles. The van der Waals surface area contributed by atoms with E-state index < -0.39 is 24.0 Å². The molecule has 0 radical (unpaired) electrons. The highest BCUT2D eigenvalue weighted by atomic mass is 32.2. The van der Waals surface area contributed by atoms with Gasteiger partial charge < -0.3 is 19.9 Å². The van der Waals surface area contributed by atoms with Gasteiger partial charge in [0.1, 0.15) is 11.5 Å². The molecule has 2 atom stereocenters. The van der Waals surface area contributed by atoms with Crippen molar-refractivity contribution in [2.75, 3.05) is 13.4 Å². The van der Waals surface area contributed by atoms with Gasteiger partial charge in [-0.05, 0) is 55.1 Å². The van der Waals surface area contributed by atoms with E-state index in [2.05, 4.69) is 5.32 Å². The first kappa shape index (κ1) is 19.7. The number of nitrogens with one attached hydrogen (secondary N) is 1. The van der Waals surface area contributed by atoms with Crippen LogP contribution in [0.15, 0.2) is 53.4 Å². The van der Waals surface area contributed by atoms with Crippen LogP contribution >= 0.6 is 11.8 Å². The van der Waals surface area contributed by atoms with Crippen molar-refractivity contribution in [2.24, 2.45) is 0 Å². The lowest BCUT2D eigenvalue weighted by atomic mass is 10.1. The number of carbonyl (C=O) groups excluding carboxylic acids is 1. The molecule has 1 amide bonds. The maximum absolute atomic E-state index is 12.4. The first-order valence-electron chi connectivity index (χ1n) is 7.92. The number of carbonyl (C=O) groups is 2. The van der Waals surface area contributed by atoms with Gasteiger partial charge in [0, 0.05) is 4.90 Å². The number of aliphatic carboxylic acids is 1. The zero-order valence-corrected chi connectivity index (χ0v) is 15.6. The maximum Gasteiger partial charge on any atom is 0.330 e. The molecular formula is C19H21NO5S. The molecule has 2 rings (SSSR count). The fourth-order valence-corrected chi connectivity index (χ4v) is 2.66. The predicted molar refractivity (Wildman–Crippen MR) is 99.8 cm³/mol. The topological polar surface area (TPSA) is 84.9 Å². The summed E-state index contributed by atoms with van der Waals surface area (Å²) in [6.45, 7) is 1.57. The normalized spacial score (nSPS) is 12.7. The number of ether oxygens (including phenoxy) is 2. The predicted octanol–water partition coefficient (Wildman–Crippen LogP) is 3.13. The molecule has 0 saturated carbocycles. The first-order chi connectivity index (χ1) is 12.4. The van der Waals surface area contributed by atoms with Crippen LogP contribution in [0.25, 0.3) is 0 Å². The first-order valence-corrected chi connectivity index (χ1v) is 9.15. The third-order valence-electron chi connectivity index (χ3n) is 3.72. The summed E-state index contributed by atoms with van der Waals surface area (Å²) in [6.07, 6.45) is 1.13. The summed E-state index contributed by atoms with van der Waals surface area (Å²) in [5.41, 5.74) is 0.447. The van der Waals surface area contributed by atoms with Gasteiger partial charge >= 0.3 is 5.97 Å². The number of thioether (sulfide) groups is 1. The van der Waals surface area contributed by atoms with Crippen molar-refractivity contribution in [1.29, 1.82) is 0 Å². The summed E-state index contributed by atoms with van der Waals surface area (Å²) < 4.78 is 10.6. The molecule has 0 heterocycles. The molecule has 2 aromatic rings. The smallest absolute Gasteiger partial charge is 0.330 e. The Morgan fingerprint density at radius 1 is 1.04 bits per heavy atom. The van der Waals surface area contributed by atoms with Crippen LogP contribution in [-0.2, 0) is 9.59 Å². The molecule has 138 valence electrons. The largest absolute Gasteiger partial charge is 0.497 e. The molecule has 2 aromatic carbocycles. The van der Waals surface area contributed by atoms with Crippen LogP contribution < -0.4 is 14.8 Å². The summed E-state index contributed by atoms with van der Waals surface area (Å²) >= 11 is 1.61. The van der Waals surface area contributed by atoms with E-state index in [0.29, 0.717) is 17.1 Å². The SMILES string of the molecule is COc1ccc(C(NC(=O)C(C)Oc2ccc(SC)cc2)C(=O)O)cc1. The van der Waals surface area contributed by atoms with Gasteiger partial charge in [-0.3, -0.25) is 4.79 Å². The Bertz CT molecular complexity index is 746. The number of amides is 1. The van der Waals surface area contributed by atoms with Crippen LogP contribution in [0.2, 0.25) is 0 Å². The van der Waals surface area contributed by atoms with Crippen LogP contribution in [0.4, 0.5) is 0 Å². The van der Waals surface area contributed by atoms with E-state index in [-0.39, 0.29) is 0 Å². The fourth-order valence-electron chi connectivity index (χ4n) is 2.26. The van der Waals surface area contributed by atoms with Gasteiger partial charge in [0.2, 0.25) is 0 Å². The van der Waals surface area contributed by atoms with Crippen molar-refractivity contribution in [3.63, 3.8) is 0 Å². The second-order valence-corrected chi connectivity index (χ2v) is 6.37. The lowest BCUT2D eigenvalue weighted by Crippen LogP contribution is -2.41. The minimum atomic E-state index is -1.17. The van der Waals surface area contributed by atoms with E-state index in [4.69, 9.17) is 9.47 Å². The minimum absolute atomic E-state index is 0.447. The zero-order valence-electron chi connectivity index (χ0n) is 14.8. The van der Waals surface area contributed by atoms with Gasteiger partial charge in [-0.1, -0.05) is 12.1 Å². The number of hydrogen-bond acceptors (Lipinski definition) is 5. The molecule has 0 aromatic heterocycles. The van der Waals surface area contributed by atoms with Crippen molar-refractivity contribution in [1.82, 2.24) is 5.32 Å². The van der Waals surface area contributed by atoms with Gasteiger partial charge in [0.25, 0.3) is 5.91 Å². The van der Waals surface area contributed by atoms with Crippen LogP contribution in [0.1, 0.15) is 18.5 Å². The summed E-state index contributed by atoms with van der Waals surface area (Å²) in [5.74, 6) is -0.515. The molecule has 2 N–H and O–H groups in total. The van der Waals surface area contributed by atoms with Crippen LogP contribution in [0.5, 0.6) is 11.5 Å². The second kappa shape index (κ2) is 9.15. The van der Waals surface area contributed by atoms with E-state index in [9.17, 15) is 14.7 Å². The highest BCUT2D eigenvalue weighted by Gasteiger charge is 2.25. The number of rotatable bonds is 8. The minimum Gasteiger partial charge on any atom is -0.497 e. The van der Waals surface area contributed by atoms with Gasteiger partial charge in [-0.2, -0.15) is 0 Å². The Balaban J connectivity index is 2.04. The van der Waals surface area contributed by atoms with Crippen molar-refractivity contribution >= 4 is 23.6 Å². The molecule has 7 heteroatoms. The van der Waals surface area contributed by atoms with Crippen molar-refractivity contribution < 1.29 is 24.2 Å². The summed E-state index contributed by atoms with van der Waals surface area (Å²) in [4.78, 5) is 25.0. The molecular weight excluding hydrogens is 354 g/mol. The molecule has 0 aliphatic carbocycles. The van der Waals surface area contributed by atoms with Crippen LogP contribution in [0, 0.1) is 0 Å². The molecule has 6 nitrogen and oxygen atoms in total. The summed E-state index contributed by atoms with van der Waals surface area (Å²) in [5, 5.41) is 11.9. The lowest BCUT2D eigenvalue weighted by molar-refractivity contribution is -0.143. The van der Waals surface area contributed by atoms with E-state index in [1.165, 1.54) is 7.11 Å². The molecule has 26 heavy (non-hydrogen) atoms. The Labute approximate surface area is 156 Å². The van der Waals surface area contributed by atoms with E-state index in [1.54, 1.807) is 55.1 Å². The number of carboxylic acids is 1. The molecule has 0 fully saturated rings. The lowest BCUT2D eigenvalue weighted by Gasteiger charge is -2.19. The number of methoxy groups -OCH3 is 1. The summed E-state index contributed by atoms with van der Waals surface area (Å²) in [7, 11) is 1.52. The Morgan fingerprint density at radius 3 is 2.12 bits per heavy atom. The number of hydrogen-bond donors (Lipinski definition) is 2. The molecule has 2 unspecified atom stereocenters. The third-order valence-corrected chi connectivity index (χ3v) is 4.47. The van der Waals surface area contributed by atoms with Gasteiger partial charge in [-0.15, -0.1) is 11.8 Å². The molecule has 0 aliphatic rings. The monoisotopic (exact) mass is 375 g/mol. The zero-order chi connectivity index (χ0) is 19.1. The highest BCUT2D eigenvalue weighted by molar-refractivity contribution is 7.98. The number of benzene rings is 2. The van der Waals surface area contributed by atoms with Gasteiger partial charge in [0.05, 0.1) is 7.11 Å². The van der Waals surface area contributed by atoms with Crippen molar-refractivity contribution in [2.45, 2.75) is 24.0 Å². The Kier molecular flexibility index (Phi) is 6.91. The molecule has 0 saturated heterocycles. The van der Waals surface area contributed by atoms with Crippen LogP contribution in [-0.4, -0.2) is 36.5 Å². The standard InChI is InChI=1S/C19H21NO5S/c1-12(25-15-8-10-16(26-3)11-9-15)18(21)20-17(19(22)23)13-4-6-14(24-2)7-5-13/h4-12,17H,1-3H3,(H,20,21)(H,22,23). The second-order valence-electron chi connectivity index (χ2n) is 5.49. The average molecular weight is 375 g/mol. The van der Waals surface area contributed by atoms with Gasteiger partial charge in [-0.25, -0.2) is 4.79 Å². The summed E-state index contributed by atoms with van der Waals surface area (Å²) in [6, 6.07) is 12.6. The van der Waals surface area contributed by atoms with Crippen LogP contribution in [0.3, 0.4) is 0 Å². The van der Waals surface area contributed by atoms with E-state index in [0.717, 1.165) is 4.90 Å². The fraction of sp³-hybridized carbons (Fsp3) is 0.263. The van der Waals surface area contributed by atoms with E-state index in [1.807, 2.05) is 18.4 Å². The maximum atomic E-state index is 12.4. The van der Waals surface area contributed by atoms with Gasteiger partial charge in [0.15, 0.2) is 12.1 Å². The third kappa shape index (κ3) is 5.16. The molecule has 0 spiro atoms.